The largest absolute Gasteiger partial charge is 0.468 e. The van der Waals surface area contributed by atoms with E-state index < -0.39 is 0 Å². The molecule has 0 saturated carbocycles. The van der Waals surface area contributed by atoms with Crippen LogP contribution in [-0.2, 0) is 16.0 Å². The molecule has 0 saturated heterocycles. The second-order valence-electron chi connectivity index (χ2n) is 3.13. The summed E-state index contributed by atoms with van der Waals surface area (Å²) in [5, 5.41) is 3.73. The molecule has 0 aliphatic heterocycles. The van der Waals surface area contributed by atoms with Crippen molar-refractivity contribution in [3.63, 3.8) is 0 Å². The molecule has 0 spiro atoms. The first-order valence-corrected chi connectivity index (χ1v) is 5.12. The second kappa shape index (κ2) is 6.43. The smallest absolute Gasteiger partial charge is 0.319 e. The van der Waals surface area contributed by atoms with Gasteiger partial charge in [0.2, 0.25) is 0 Å². The van der Waals surface area contributed by atoms with Crippen molar-refractivity contribution in [2.24, 2.45) is 0 Å². The van der Waals surface area contributed by atoms with E-state index in [9.17, 15) is 4.79 Å². The van der Waals surface area contributed by atoms with E-state index in [0.717, 1.165) is 18.0 Å². The van der Waals surface area contributed by atoms with Gasteiger partial charge in [-0.1, -0.05) is 23.7 Å². The van der Waals surface area contributed by atoms with Gasteiger partial charge in [0.25, 0.3) is 0 Å². The molecule has 3 nitrogen and oxygen atoms in total. The van der Waals surface area contributed by atoms with Crippen molar-refractivity contribution >= 4 is 17.6 Å². The summed E-state index contributed by atoms with van der Waals surface area (Å²) in [5.41, 5.74) is 1.19. The molecule has 82 valence electrons. The normalized spacial score (nSPS) is 10.0. The second-order valence-corrected chi connectivity index (χ2v) is 3.57. The Kier molecular flexibility index (Phi) is 5.15. The van der Waals surface area contributed by atoms with Crippen molar-refractivity contribution in [3.8, 4) is 0 Å². The number of carbonyl (C=O) groups excluding carboxylic acids is 1. The molecule has 1 N–H and O–H groups in total. The SMILES string of the molecule is COC(=O)CNCCc1ccc(Cl)cc1. The summed E-state index contributed by atoms with van der Waals surface area (Å²) in [6, 6.07) is 7.67. The number of methoxy groups -OCH3 is 1. The summed E-state index contributed by atoms with van der Waals surface area (Å²) in [5.74, 6) is -0.244. The molecule has 1 rings (SSSR count). The third-order valence-corrected chi connectivity index (χ3v) is 2.25. The molecular weight excluding hydrogens is 214 g/mol. The maximum absolute atomic E-state index is 10.8. The standard InChI is InChI=1S/C11H14ClNO2/c1-15-11(14)8-13-7-6-9-2-4-10(12)5-3-9/h2-5,13H,6-8H2,1H3. The Hall–Kier alpha value is -1.06. The van der Waals surface area contributed by atoms with Crippen LogP contribution in [0.4, 0.5) is 0 Å². The first-order valence-electron chi connectivity index (χ1n) is 4.74. The number of esters is 1. The van der Waals surface area contributed by atoms with Gasteiger partial charge in [-0.15, -0.1) is 0 Å². The van der Waals surface area contributed by atoms with Gasteiger partial charge in [0.05, 0.1) is 13.7 Å². The van der Waals surface area contributed by atoms with Gasteiger partial charge >= 0.3 is 5.97 Å². The van der Waals surface area contributed by atoms with Crippen LogP contribution < -0.4 is 5.32 Å². The molecule has 0 heterocycles. The minimum Gasteiger partial charge on any atom is -0.468 e. The molecule has 0 unspecified atom stereocenters. The van der Waals surface area contributed by atoms with Gasteiger partial charge in [-0.05, 0) is 30.7 Å². The van der Waals surface area contributed by atoms with Crippen LogP contribution in [0, 0.1) is 0 Å². The summed E-state index contributed by atoms with van der Waals surface area (Å²) in [7, 11) is 1.38. The fraction of sp³-hybridized carbons (Fsp3) is 0.364. The number of halogens is 1. The number of hydrogen-bond donors (Lipinski definition) is 1. The first kappa shape index (κ1) is 12.0. The molecule has 0 aromatic heterocycles. The fourth-order valence-electron chi connectivity index (χ4n) is 1.15. The molecule has 0 aliphatic rings. The van der Waals surface area contributed by atoms with E-state index in [-0.39, 0.29) is 12.5 Å². The zero-order chi connectivity index (χ0) is 11.1. The molecular formula is C11H14ClNO2. The monoisotopic (exact) mass is 227 g/mol. The van der Waals surface area contributed by atoms with Crippen LogP contribution in [0.15, 0.2) is 24.3 Å². The number of nitrogens with one attached hydrogen (secondary N) is 1. The van der Waals surface area contributed by atoms with E-state index in [4.69, 9.17) is 11.6 Å². The Morgan fingerprint density at radius 2 is 2.07 bits per heavy atom. The Morgan fingerprint density at radius 1 is 1.40 bits per heavy atom. The Bertz CT molecular complexity index is 311. The van der Waals surface area contributed by atoms with Crippen molar-refractivity contribution in [3.05, 3.63) is 34.9 Å². The highest BCUT2D eigenvalue weighted by atomic mass is 35.5. The van der Waals surface area contributed by atoms with E-state index in [1.807, 2.05) is 24.3 Å². The van der Waals surface area contributed by atoms with E-state index in [1.165, 1.54) is 12.7 Å². The molecule has 0 fully saturated rings. The van der Waals surface area contributed by atoms with Crippen LogP contribution in [-0.4, -0.2) is 26.2 Å². The van der Waals surface area contributed by atoms with Crippen LogP contribution in [0.5, 0.6) is 0 Å². The van der Waals surface area contributed by atoms with Crippen LogP contribution >= 0.6 is 11.6 Å². The Morgan fingerprint density at radius 3 is 2.67 bits per heavy atom. The van der Waals surface area contributed by atoms with Crippen LogP contribution in [0.25, 0.3) is 0 Å². The van der Waals surface area contributed by atoms with Gasteiger partial charge < -0.3 is 10.1 Å². The quantitative estimate of drug-likeness (QED) is 0.614. The lowest BCUT2D eigenvalue weighted by Crippen LogP contribution is -2.25. The summed E-state index contributed by atoms with van der Waals surface area (Å²) in [6.45, 7) is 1.00. The lowest BCUT2D eigenvalue weighted by molar-refractivity contribution is -0.139. The molecule has 0 bridgehead atoms. The van der Waals surface area contributed by atoms with Gasteiger partial charge in [0, 0.05) is 5.02 Å². The lowest BCUT2D eigenvalue weighted by atomic mass is 10.1. The van der Waals surface area contributed by atoms with E-state index in [2.05, 4.69) is 10.1 Å². The highest BCUT2D eigenvalue weighted by Gasteiger charge is 1.98. The molecule has 4 heteroatoms. The van der Waals surface area contributed by atoms with Gasteiger partial charge in [-0.3, -0.25) is 4.79 Å². The Balaban J connectivity index is 2.20. The van der Waals surface area contributed by atoms with Crippen molar-refractivity contribution in [1.82, 2.24) is 5.32 Å². The minimum atomic E-state index is -0.244. The predicted octanol–water partition coefficient (Wildman–Crippen LogP) is 1.65. The minimum absolute atomic E-state index is 0.244. The van der Waals surface area contributed by atoms with Crippen molar-refractivity contribution in [2.45, 2.75) is 6.42 Å². The van der Waals surface area contributed by atoms with Gasteiger partial charge in [0.1, 0.15) is 0 Å². The topological polar surface area (TPSA) is 38.3 Å². The summed E-state index contributed by atoms with van der Waals surface area (Å²) < 4.78 is 4.50. The van der Waals surface area contributed by atoms with E-state index in [1.54, 1.807) is 0 Å². The highest BCUT2D eigenvalue weighted by Crippen LogP contribution is 2.09. The van der Waals surface area contributed by atoms with Crippen molar-refractivity contribution < 1.29 is 9.53 Å². The summed E-state index contributed by atoms with van der Waals surface area (Å²) >= 11 is 5.76. The van der Waals surface area contributed by atoms with Gasteiger partial charge in [0.15, 0.2) is 0 Å². The first-order chi connectivity index (χ1) is 7.22. The van der Waals surface area contributed by atoms with Gasteiger partial charge in [-0.25, -0.2) is 0 Å². The molecule has 0 radical (unpaired) electrons. The number of hydrogen-bond acceptors (Lipinski definition) is 3. The van der Waals surface area contributed by atoms with Crippen LogP contribution in [0.3, 0.4) is 0 Å². The van der Waals surface area contributed by atoms with Crippen LogP contribution in [0.2, 0.25) is 5.02 Å². The molecule has 0 amide bonds. The maximum atomic E-state index is 10.8. The molecule has 1 aromatic carbocycles. The zero-order valence-corrected chi connectivity index (χ0v) is 9.38. The average Bonchev–Trinajstić information content (AvgIpc) is 2.26. The summed E-state index contributed by atoms with van der Waals surface area (Å²) in [4.78, 5) is 10.8. The predicted molar refractivity (Wildman–Crippen MR) is 60.0 cm³/mol. The zero-order valence-electron chi connectivity index (χ0n) is 8.63. The van der Waals surface area contributed by atoms with Crippen molar-refractivity contribution in [1.29, 1.82) is 0 Å². The third kappa shape index (κ3) is 4.81. The van der Waals surface area contributed by atoms with Gasteiger partial charge in [-0.2, -0.15) is 0 Å². The maximum Gasteiger partial charge on any atom is 0.319 e. The summed E-state index contributed by atoms with van der Waals surface area (Å²) in [6.07, 6.45) is 0.869. The van der Waals surface area contributed by atoms with Crippen LogP contribution in [0.1, 0.15) is 5.56 Å². The highest BCUT2D eigenvalue weighted by molar-refractivity contribution is 6.30. The molecule has 0 atom stereocenters. The number of rotatable bonds is 5. The lowest BCUT2D eigenvalue weighted by Gasteiger charge is -2.03. The average molecular weight is 228 g/mol. The Labute approximate surface area is 94.4 Å². The molecule has 0 aliphatic carbocycles. The van der Waals surface area contributed by atoms with E-state index >= 15 is 0 Å². The molecule has 15 heavy (non-hydrogen) atoms. The number of ether oxygens (including phenoxy) is 1. The number of carbonyl (C=O) groups is 1. The number of benzene rings is 1. The van der Waals surface area contributed by atoms with E-state index in [0.29, 0.717) is 0 Å². The third-order valence-electron chi connectivity index (χ3n) is 2.00. The fourth-order valence-corrected chi connectivity index (χ4v) is 1.27. The molecule has 1 aromatic rings. The van der Waals surface area contributed by atoms with Crippen molar-refractivity contribution in [2.75, 3.05) is 20.2 Å².